The van der Waals surface area contributed by atoms with Gasteiger partial charge in [-0.3, -0.25) is 9.69 Å². The van der Waals surface area contributed by atoms with Gasteiger partial charge in [0.15, 0.2) is 0 Å². The minimum Gasteiger partial charge on any atom is -0.492 e. The van der Waals surface area contributed by atoms with Crippen LogP contribution in [0.4, 0.5) is 0 Å². The lowest BCUT2D eigenvalue weighted by atomic mass is 10.2. The highest BCUT2D eigenvalue weighted by molar-refractivity contribution is 6.33. The zero-order valence-electron chi connectivity index (χ0n) is 12.5. The summed E-state index contributed by atoms with van der Waals surface area (Å²) in [6, 6.07) is 5.86. The minimum absolute atomic E-state index is 0.310. The van der Waals surface area contributed by atoms with Crippen LogP contribution in [-0.2, 0) is 0 Å². The molecule has 0 fully saturated rings. The van der Waals surface area contributed by atoms with Crippen molar-refractivity contribution in [2.45, 2.75) is 39.8 Å². The third-order valence-corrected chi connectivity index (χ3v) is 3.46. The average molecular weight is 299 g/mol. The molecule has 1 rings (SSSR count). The van der Waals surface area contributed by atoms with E-state index in [0.717, 1.165) is 6.54 Å². The van der Waals surface area contributed by atoms with Gasteiger partial charge >= 0.3 is 0 Å². The second-order valence-corrected chi connectivity index (χ2v) is 5.69. The summed E-state index contributed by atoms with van der Waals surface area (Å²) in [6.07, 6.45) is 0. The van der Waals surface area contributed by atoms with Gasteiger partial charge in [-0.1, -0.05) is 11.6 Å². The average Bonchev–Trinajstić information content (AvgIpc) is 2.33. The van der Waals surface area contributed by atoms with Crippen molar-refractivity contribution in [3.63, 3.8) is 0 Å². The topological polar surface area (TPSA) is 55.6 Å². The number of hydrogen-bond donors (Lipinski definition) is 1. The molecule has 1 aromatic rings. The number of nitrogens with zero attached hydrogens (tertiary/aromatic N) is 1. The van der Waals surface area contributed by atoms with E-state index in [0.29, 0.717) is 35.0 Å². The minimum atomic E-state index is -0.535. The van der Waals surface area contributed by atoms with Crippen molar-refractivity contribution in [3.05, 3.63) is 28.8 Å². The lowest BCUT2D eigenvalue weighted by Crippen LogP contribution is -2.39. The molecule has 1 amide bonds. The fourth-order valence-corrected chi connectivity index (χ4v) is 2.43. The van der Waals surface area contributed by atoms with Crippen molar-refractivity contribution >= 4 is 17.5 Å². The number of benzene rings is 1. The zero-order valence-corrected chi connectivity index (χ0v) is 13.3. The maximum absolute atomic E-state index is 11.1. The standard InChI is InChI=1S/C15H23ClN2O2/c1-10(2)18(11(3)4)7-8-20-12-5-6-13(15(17)19)14(16)9-12/h5-6,9-11H,7-8H2,1-4H3,(H2,17,19). The molecule has 0 aliphatic rings. The van der Waals surface area contributed by atoms with E-state index in [9.17, 15) is 4.79 Å². The molecule has 0 bridgehead atoms. The van der Waals surface area contributed by atoms with Gasteiger partial charge in [0.1, 0.15) is 12.4 Å². The van der Waals surface area contributed by atoms with Crippen molar-refractivity contribution in [2.24, 2.45) is 5.73 Å². The fraction of sp³-hybridized carbons (Fsp3) is 0.533. The van der Waals surface area contributed by atoms with Crippen molar-refractivity contribution in [1.29, 1.82) is 0 Å². The van der Waals surface area contributed by atoms with Crippen LogP contribution in [0.25, 0.3) is 0 Å². The highest BCUT2D eigenvalue weighted by Crippen LogP contribution is 2.22. The first kappa shape index (κ1) is 16.8. The highest BCUT2D eigenvalue weighted by Gasteiger charge is 2.13. The number of amides is 1. The molecule has 0 heterocycles. The van der Waals surface area contributed by atoms with Gasteiger partial charge < -0.3 is 10.5 Å². The molecule has 0 radical (unpaired) electrons. The SMILES string of the molecule is CC(C)N(CCOc1ccc(C(N)=O)c(Cl)c1)C(C)C. The molecule has 1 aromatic carbocycles. The van der Waals surface area contributed by atoms with Gasteiger partial charge in [-0.25, -0.2) is 0 Å². The van der Waals surface area contributed by atoms with E-state index in [1.807, 2.05) is 0 Å². The van der Waals surface area contributed by atoms with Crippen LogP contribution in [0.3, 0.4) is 0 Å². The number of hydrogen-bond acceptors (Lipinski definition) is 3. The van der Waals surface area contributed by atoms with Gasteiger partial charge in [-0.2, -0.15) is 0 Å². The number of primary amides is 1. The number of carbonyl (C=O) groups excluding carboxylic acids is 1. The normalized spacial score (nSPS) is 11.4. The van der Waals surface area contributed by atoms with Crippen LogP contribution >= 0.6 is 11.6 Å². The van der Waals surface area contributed by atoms with E-state index in [1.54, 1.807) is 18.2 Å². The molecule has 0 saturated carbocycles. The molecule has 0 atom stereocenters. The van der Waals surface area contributed by atoms with Crippen LogP contribution < -0.4 is 10.5 Å². The maximum atomic E-state index is 11.1. The quantitative estimate of drug-likeness (QED) is 0.842. The van der Waals surface area contributed by atoms with Crippen LogP contribution in [-0.4, -0.2) is 36.0 Å². The monoisotopic (exact) mass is 298 g/mol. The number of ether oxygens (including phenoxy) is 1. The first-order valence-electron chi connectivity index (χ1n) is 6.80. The molecule has 0 saturated heterocycles. The Labute approximate surface area is 125 Å². The van der Waals surface area contributed by atoms with Gasteiger partial charge in [-0.05, 0) is 45.9 Å². The van der Waals surface area contributed by atoms with Crippen molar-refractivity contribution < 1.29 is 9.53 Å². The van der Waals surface area contributed by atoms with Crippen molar-refractivity contribution in [2.75, 3.05) is 13.2 Å². The summed E-state index contributed by atoms with van der Waals surface area (Å²) >= 11 is 5.98. The Morgan fingerprint density at radius 1 is 1.30 bits per heavy atom. The summed E-state index contributed by atoms with van der Waals surface area (Å²) in [7, 11) is 0. The molecule has 20 heavy (non-hydrogen) atoms. The van der Waals surface area contributed by atoms with Crippen LogP contribution in [0.15, 0.2) is 18.2 Å². The van der Waals surface area contributed by atoms with E-state index in [1.165, 1.54) is 0 Å². The second kappa shape index (κ2) is 7.50. The van der Waals surface area contributed by atoms with Gasteiger partial charge in [-0.15, -0.1) is 0 Å². The first-order chi connectivity index (χ1) is 9.32. The van der Waals surface area contributed by atoms with E-state index >= 15 is 0 Å². The van der Waals surface area contributed by atoms with Gasteiger partial charge in [0.25, 0.3) is 0 Å². The van der Waals surface area contributed by atoms with Crippen molar-refractivity contribution in [1.82, 2.24) is 4.90 Å². The molecular weight excluding hydrogens is 276 g/mol. The number of nitrogens with two attached hydrogens (primary N) is 1. The summed E-state index contributed by atoms with van der Waals surface area (Å²) in [4.78, 5) is 13.4. The van der Waals surface area contributed by atoms with Crippen LogP contribution in [0, 0.1) is 0 Å². The Morgan fingerprint density at radius 3 is 2.35 bits per heavy atom. The summed E-state index contributed by atoms with van der Waals surface area (Å²) < 4.78 is 5.67. The van der Waals surface area contributed by atoms with Gasteiger partial charge in [0.05, 0.1) is 10.6 Å². The Morgan fingerprint density at radius 2 is 1.90 bits per heavy atom. The Bertz CT molecular complexity index is 453. The summed E-state index contributed by atoms with van der Waals surface area (Å²) in [5.41, 5.74) is 5.51. The van der Waals surface area contributed by atoms with E-state index in [2.05, 4.69) is 32.6 Å². The summed E-state index contributed by atoms with van der Waals surface area (Å²) in [5.74, 6) is 0.111. The summed E-state index contributed by atoms with van der Waals surface area (Å²) in [6.45, 7) is 10.1. The predicted molar refractivity (Wildman–Crippen MR) is 82.4 cm³/mol. The molecule has 5 heteroatoms. The third-order valence-electron chi connectivity index (χ3n) is 3.15. The highest BCUT2D eigenvalue weighted by atomic mass is 35.5. The predicted octanol–water partition coefficient (Wildman–Crippen LogP) is 2.94. The molecule has 4 nitrogen and oxygen atoms in total. The Balaban J connectivity index is 2.58. The maximum Gasteiger partial charge on any atom is 0.250 e. The van der Waals surface area contributed by atoms with Gasteiger partial charge in [0.2, 0.25) is 5.91 Å². The second-order valence-electron chi connectivity index (χ2n) is 5.28. The molecule has 0 aromatic heterocycles. The Kier molecular flexibility index (Phi) is 6.30. The lowest BCUT2D eigenvalue weighted by Gasteiger charge is -2.30. The molecule has 2 N–H and O–H groups in total. The smallest absolute Gasteiger partial charge is 0.250 e. The first-order valence-corrected chi connectivity index (χ1v) is 7.18. The van der Waals surface area contributed by atoms with Crippen LogP contribution in [0.5, 0.6) is 5.75 Å². The van der Waals surface area contributed by atoms with E-state index in [4.69, 9.17) is 22.1 Å². The third kappa shape index (κ3) is 4.69. The van der Waals surface area contributed by atoms with E-state index in [-0.39, 0.29) is 0 Å². The molecule has 112 valence electrons. The van der Waals surface area contributed by atoms with Crippen LogP contribution in [0.2, 0.25) is 5.02 Å². The largest absolute Gasteiger partial charge is 0.492 e. The molecule has 0 unspecified atom stereocenters. The molecule has 0 aliphatic carbocycles. The molecular formula is C15H23ClN2O2. The number of halogens is 1. The van der Waals surface area contributed by atoms with Crippen LogP contribution in [0.1, 0.15) is 38.1 Å². The molecule has 0 spiro atoms. The van der Waals surface area contributed by atoms with Crippen molar-refractivity contribution in [3.8, 4) is 5.75 Å². The number of carbonyl (C=O) groups is 1. The summed E-state index contributed by atoms with van der Waals surface area (Å²) in [5, 5.41) is 0.319. The fourth-order valence-electron chi connectivity index (χ4n) is 2.17. The molecule has 0 aliphatic heterocycles. The lowest BCUT2D eigenvalue weighted by molar-refractivity contribution is 0.100. The van der Waals surface area contributed by atoms with Gasteiger partial charge in [0, 0.05) is 18.6 Å². The zero-order chi connectivity index (χ0) is 15.3. The number of rotatable bonds is 7. The Hall–Kier alpha value is -1.26. The van der Waals surface area contributed by atoms with E-state index < -0.39 is 5.91 Å².